The van der Waals surface area contributed by atoms with Crippen molar-refractivity contribution < 1.29 is 14.3 Å². The highest BCUT2D eigenvalue weighted by Gasteiger charge is 2.21. The Labute approximate surface area is 144 Å². The number of ether oxygens (including phenoxy) is 1. The van der Waals surface area contributed by atoms with Gasteiger partial charge in [-0.1, -0.05) is 25.1 Å². The van der Waals surface area contributed by atoms with Gasteiger partial charge in [0.1, 0.15) is 5.75 Å². The molecule has 1 fully saturated rings. The van der Waals surface area contributed by atoms with E-state index in [9.17, 15) is 9.59 Å². The van der Waals surface area contributed by atoms with Gasteiger partial charge in [0, 0.05) is 45.1 Å². The van der Waals surface area contributed by atoms with Gasteiger partial charge in [0.25, 0.3) is 0 Å². The quantitative estimate of drug-likeness (QED) is 0.805. The van der Waals surface area contributed by atoms with Crippen molar-refractivity contribution in [2.45, 2.75) is 39.7 Å². The van der Waals surface area contributed by atoms with Gasteiger partial charge in [0.15, 0.2) is 0 Å². The van der Waals surface area contributed by atoms with E-state index in [2.05, 4.69) is 6.92 Å². The smallest absolute Gasteiger partial charge is 0.224 e. The molecule has 0 radical (unpaired) electrons. The van der Waals surface area contributed by atoms with E-state index < -0.39 is 0 Å². The van der Waals surface area contributed by atoms with Crippen LogP contribution in [0.4, 0.5) is 0 Å². The van der Waals surface area contributed by atoms with Crippen LogP contribution in [-0.2, 0) is 16.1 Å². The molecule has 1 aliphatic heterocycles. The highest BCUT2D eigenvalue weighted by Crippen LogP contribution is 2.20. The van der Waals surface area contributed by atoms with Gasteiger partial charge in [0.2, 0.25) is 11.8 Å². The molecule has 2 amide bonds. The Hall–Kier alpha value is -2.04. The number of para-hydroxylation sites is 1. The molecule has 0 aromatic heterocycles. The van der Waals surface area contributed by atoms with Gasteiger partial charge in [-0.2, -0.15) is 0 Å². The first-order valence-corrected chi connectivity index (χ1v) is 8.66. The third-order valence-corrected chi connectivity index (χ3v) is 4.73. The van der Waals surface area contributed by atoms with Crippen molar-refractivity contribution in [1.82, 2.24) is 9.80 Å². The Bertz CT molecular complexity index is 565. The first-order chi connectivity index (χ1) is 11.5. The van der Waals surface area contributed by atoms with Crippen LogP contribution in [0.25, 0.3) is 0 Å². The zero-order chi connectivity index (χ0) is 17.5. The number of carbonyl (C=O) groups excluding carboxylic acids is 2. The molecule has 1 aromatic carbocycles. The Kier molecular flexibility index (Phi) is 6.64. The number of rotatable bonds is 6. The van der Waals surface area contributed by atoms with E-state index >= 15 is 0 Å². The highest BCUT2D eigenvalue weighted by atomic mass is 16.5. The lowest BCUT2D eigenvalue weighted by Crippen LogP contribution is -2.40. The summed E-state index contributed by atoms with van der Waals surface area (Å²) in [6.07, 6.45) is 2.52. The van der Waals surface area contributed by atoms with Gasteiger partial charge in [-0.25, -0.2) is 0 Å². The molecule has 2 rings (SSSR count). The Morgan fingerprint density at radius 1 is 1.25 bits per heavy atom. The number of hydrogen-bond donors (Lipinski definition) is 0. The summed E-state index contributed by atoms with van der Waals surface area (Å²) in [4.78, 5) is 28.0. The largest absolute Gasteiger partial charge is 0.496 e. The minimum Gasteiger partial charge on any atom is -0.496 e. The minimum absolute atomic E-state index is 0.0269. The molecule has 1 saturated heterocycles. The fourth-order valence-electron chi connectivity index (χ4n) is 3.03. The number of piperidine rings is 1. The van der Waals surface area contributed by atoms with Crippen LogP contribution in [0.3, 0.4) is 0 Å². The lowest BCUT2D eigenvalue weighted by Gasteiger charge is -2.31. The molecule has 24 heavy (non-hydrogen) atoms. The monoisotopic (exact) mass is 332 g/mol. The van der Waals surface area contributed by atoms with Crippen LogP contribution >= 0.6 is 0 Å². The van der Waals surface area contributed by atoms with Crippen LogP contribution in [0.1, 0.15) is 38.7 Å². The van der Waals surface area contributed by atoms with Crippen molar-refractivity contribution >= 4 is 11.8 Å². The average Bonchev–Trinajstić information content (AvgIpc) is 2.59. The fraction of sp³-hybridized carbons (Fsp3) is 0.579. The second kappa shape index (κ2) is 8.71. The van der Waals surface area contributed by atoms with Crippen LogP contribution in [-0.4, -0.2) is 48.4 Å². The number of likely N-dealkylation sites (tertiary alicyclic amines) is 1. The zero-order valence-electron chi connectivity index (χ0n) is 15.0. The summed E-state index contributed by atoms with van der Waals surface area (Å²) in [5.41, 5.74) is 0.953. The van der Waals surface area contributed by atoms with E-state index in [0.717, 1.165) is 37.2 Å². The van der Waals surface area contributed by atoms with Crippen LogP contribution < -0.4 is 4.74 Å². The third kappa shape index (κ3) is 4.98. The maximum atomic E-state index is 12.4. The Morgan fingerprint density at radius 3 is 2.54 bits per heavy atom. The predicted octanol–water partition coefficient (Wildman–Crippen LogP) is 2.69. The molecule has 0 bridgehead atoms. The Balaban J connectivity index is 1.91. The number of benzene rings is 1. The maximum absolute atomic E-state index is 12.4. The molecule has 1 aliphatic rings. The third-order valence-electron chi connectivity index (χ3n) is 4.73. The predicted molar refractivity (Wildman–Crippen MR) is 93.7 cm³/mol. The number of amides is 2. The number of hydrogen-bond acceptors (Lipinski definition) is 3. The molecule has 1 aromatic rings. The number of carbonyl (C=O) groups is 2. The number of nitrogens with zero attached hydrogens (tertiary/aromatic N) is 2. The van der Waals surface area contributed by atoms with Gasteiger partial charge < -0.3 is 14.5 Å². The molecule has 0 aliphatic carbocycles. The first-order valence-electron chi connectivity index (χ1n) is 8.66. The van der Waals surface area contributed by atoms with Crippen LogP contribution in [0.5, 0.6) is 5.75 Å². The molecule has 5 nitrogen and oxygen atoms in total. The molecule has 0 saturated carbocycles. The van der Waals surface area contributed by atoms with Gasteiger partial charge in [0.05, 0.1) is 7.11 Å². The topological polar surface area (TPSA) is 49.9 Å². The van der Waals surface area contributed by atoms with Gasteiger partial charge in [-0.05, 0) is 24.8 Å². The fourth-order valence-corrected chi connectivity index (χ4v) is 3.03. The van der Waals surface area contributed by atoms with Crippen molar-refractivity contribution in [3.8, 4) is 5.75 Å². The molecule has 0 unspecified atom stereocenters. The lowest BCUT2D eigenvalue weighted by molar-refractivity contribution is -0.134. The lowest BCUT2D eigenvalue weighted by atomic mass is 9.99. The van der Waals surface area contributed by atoms with Crippen molar-refractivity contribution in [2.75, 3.05) is 26.7 Å². The summed E-state index contributed by atoms with van der Waals surface area (Å²) >= 11 is 0. The summed E-state index contributed by atoms with van der Waals surface area (Å²) in [5.74, 6) is 1.59. The number of methoxy groups -OCH3 is 1. The second-order valence-corrected chi connectivity index (χ2v) is 6.57. The van der Waals surface area contributed by atoms with Crippen LogP contribution in [0, 0.1) is 5.92 Å². The SMILES string of the molecule is COc1ccccc1CN(CCC(=O)N1CCC(C)CC1)C(C)=O. The van der Waals surface area contributed by atoms with E-state index in [-0.39, 0.29) is 11.8 Å². The normalized spacial score (nSPS) is 15.2. The summed E-state index contributed by atoms with van der Waals surface area (Å²) < 4.78 is 5.34. The second-order valence-electron chi connectivity index (χ2n) is 6.57. The molecule has 1 heterocycles. The van der Waals surface area contributed by atoms with Crippen molar-refractivity contribution in [3.05, 3.63) is 29.8 Å². The standard InChI is InChI=1S/C19H28N2O3/c1-15-8-11-20(12-9-15)19(23)10-13-21(16(2)22)14-17-6-4-5-7-18(17)24-3/h4-7,15H,8-14H2,1-3H3. The van der Waals surface area contributed by atoms with E-state index in [4.69, 9.17) is 4.74 Å². The van der Waals surface area contributed by atoms with E-state index in [0.29, 0.717) is 25.4 Å². The molecule has 0 spiro atoms. The van der Waals surface area contributed by atoms with Gasteiger partial charge in [-0.3, -0.25) is 9.59 Å². The Morgan fingerprint density at radius 2 is 1.92 bits per heavy atom. The minimum atomic E-state index is -0.0269. The molecular weight excluding hydrogens is 304 g/mol. The molecular formula is C19H28N2O3. The van der Waals surface area contributed by atoms with Crippen LogP contribution in [0.2, 0.25) is 0 Å². The summed E-state index contributed by atoms with van der Waals surface area (Å²) in [7, 11) is 1.62. The van der Waals surface area contributed by atoms with E-state index in [1.807, 2.05) is 29.2 Å². The van der Waals surface area contributed by atoms with Gasteiger partial charge in [-0.15, -0.1) is 0 Å². The molecule has 0 N–H and O–H groups in total. The summed E-state index contributed by atoms with van der Waals surface area (Å²) in [6.45, 7) is 6.36. The molecule has 5 heteroatoms. The van der Waals surface area contributed by atoms with Crippen molar-refractivity contribution in [3.63, 3.8) is 0 Å². The average molecular weight is 332 g/mol. The molecule has 132 valence electrons. The molecule has 0 atom stereocenters. The van der Waals surface area contributed by atoms with E-state index in [1.165, 1.54) is 0 Å². The van der Waals surface area contributed by atoms with Crippen molar-refractivity contribution in [1.29, 1.82) is 0 Å². The summed E-state index contributed by atoms with van der Waals surface area (Å²) in [6, 6.07) is 7.66. The van der Waals surface area contributed by atoms with E-state index in [1.54, 1.807) is 18.9 Å². The zero-order valence-corrected chi connectivity index (χ0v) is 15.0. The maximum Gasteiger partial charge on any atom is 0.224 e. The van der Waals surface area contributed by atoms with Crippen molar-refractivity contribution in [2.24, 2.45) is 5.92 Å². The highest BCUT2D eigenvalue weighted by molar-refractivity contribution is 5.78. The first kappa shape index (κ1) is 18.3. The van der Waals surface area contributed by atoms with Crippen LogP contribution in [0.15, 0.2) is 24.3 Å². The van der Waals surface area contributed by atoms with Gasteiger partial charge >= 0.3 is 0 Å². The summed E-state index contributed by atoms with van der Waals surface area (Å²) in [5, 5.41) is 0.